The lowest BCUT2D eigenvalue weighted by atomic mass is 10.0. The summed E-state index contributed by atoms with van der Waals surface area (Å²) >= 11 is 12.3. The quantitative estimate of drug-likeness (QED) is 0.708. The molecule has 1 nitrogen and oxygen atoms in total. The molecule has 1 atom stereocenters. The first-order valence-electron chi connectivity index (χ1n) is 5.63. The first-order valence-corrected chi connectivity index (χ1v) is 6.38. The molecule has 0 spiro atoms. The van der Waals surface area contributed by atoms with E-state index in [1.165, 1.54) is 0 Å². The van der Waals surface area contributed by atoms with Gasteiger partial charge in [0.25, 0.3) is 0 Å². The molecule has 0 radical (unpaired) electrons. The summed E-state index contributed by atoms with van der Waals surface area (Å²) in [4.78, 5) is 0. The van der Waals surface area contributed by atoms with Crippen LogP contribution in [0.4, 0.5) is 0 Å². The fraction of sp³-hybridized carbons (Fsp3) is 0.0667. The zero-order chi connectivity index (χ0) is 12.5. The SMILES string of the molecule is ClC1=CC(c2cccc(Cl)c2)Oc2ccccc21. The number of benzene rings is 2. The van der Waals surface area contributed by atoms with Crippen LogP contribution in [0.5, 0.6) is 5.75 Å². The van der Waals surface area contributed by atoms with Crippen LogP contribution in [0, 0.1) is 0 Å². The van der Waals surface area contributed by atoms with Crippen molar-refractivity contribution in [1.82, 2.24) is 0 Å². The highest BCUT2D eigenvalue weighted by atomic mass is 35.5. The van der Waals surface area contributed by atoms with Crippen molar-refractivity contribution in [3.05, 3.63) is 70.8 Å². The van der Waals surface area contributed by atoms with Crippen LogP contribution in [-0.4, -0.2) is 0 Å². The fourth-order valence-electron chi connectivity index (χ4n) is 2.01. The maximum Gasteiger partial charge on any atom is 0.144 e. The lowest BCUT2D eigenvalue weighted by molar-refractivity contribution is 0.251. The standard InChI is InChI=1S/C15H10Cl2O/c16-11-5-3-4-10(8-11)15-9-13(17)12-6-1-2-7-14(12)18-15/h1-9,15H. The van der Waals surface area contributed by atoms with E-state index in [0.717, 1.165) is 16.9 Å². The number of para-hydroxylation sites is 1. The molecular formula is C15H10Cl2O. The van der Waals surface area contributed by atoms with Crippen LogP contribution < -0.4 is 4.74 Å². The molecule has 1 aliphatic heterocycles. The zero-order valence-corrected chi connectivity index (χ0v) is 10.9. The Hall–Kier alpha value is -1.44. The lowest BCUT2D eigenvalue weighted by Crippen LogP contribution is -2.10. The highest BCUT2D eigenvalue weighted by molar-refractivity contribution is 6.49. The number of fused-ring (bicyclic) bond motifs is 1. The van der Waals surface area contributed by atoms with E-state index in [4.69, 9.17) is 27.9 Å². The van der Waals surface area contributed by atoms with Gasteiger partial charge in [-0.15, -0.1) is 0 Å². The van der Waals surface area contributed by atoms with E-state index < -0.39 is 0 Å². The smallest absolute Gasteiger partial charge is 0.144 e. The summed E-state index contributed by atoms with van der Waals surface area (Å²) in [6.07, 6.45) is 1.71. The first kappa shape index (κ1) is 11.6. The molecule has 3 heteroatoms. The Bertz CT molecular complexity index is 619. The van der Waals surface area contributed by atoms with Crippen molar-refractivity contribution in [2.45, 2.75) is 6.10 Å². The Morgan fingerprint density at radius 3 is 2.61 bits per heavy atom. The number of rotatable bonds is 1. The van der Waals surface area contributed by atoms with Crippen LogP contribution in [0.15, 0.2) is 54.6 Å². The fourth-order valence-corrected chi connectivity index (χ4v) is 2.48. The second-order valence-electron chi connectivity index (χ2n) is 4.10. The molecule has 0 bridgehead atoms. The van der Waals surface area contributed by atoms with E-state index in [1.54, 1.807) is 0 Å². The molecule has 0 saturated heterocycles. The van der Waals surface area contributed by atoms with Crippen molar-refractivity contribution in [2.75, 3.05) is 0 Å². The number of hydrogen-bond acceptors (Lipinski definition) is 1. The summed E-state index contributed by atoms with van der Waals surface area (Å²) in [7, 11) is 0. The molecule has 1 unspecified atom stereocenters. The summed E-state index contributed by atoms with van der Waals surface area (Å²) in [5, 5.41) is 1.40. The summed E-state index contributed by atoms with van der Waals surface area (Å²) < 4.78 is 5.92. The second-order valence-corrected chi connectivity index (χ2v) is 4.95. The number of halogens is 2. The summed E-state index contributed by atoms with van der Waals surface area (Å²) in [5.74, 6) is 0.801. The Morgan fingerprint density at radius 1 is 0.944 bits per heavy atom. The molecule has 0 fully saturated rings. The first-order chi connectivity index (χ1) is 8.74. The van der Waals surface area contributed by atoms with Crippen molar-refractivity contribution in [3.8, 4) is 5.75 Å². The van der Waals surface area contributed by atoms with Gasteiger partial charge in [0, 0.05) is 10.6 Å². The molecule has 2 aromatic rings. The summed E-state index contributed by atoms with van der Waals surface area (Å²) in [5.41, 5.74) is 1.92. The molecule has 1 aliphatic rings. The van der Waals surface area contributed by atoms with Crippen LogP contribution in [-0.2, 0) is 0 Å². The maximum atomic E-state index is 6.28. The molecule has 0 N–H and O–H groups in total. The number of ether oxygens (including phenoxy) is 1. The van der Waals surface area contributed by atoms with Gasteiger partial charge < -0.3 is 4.74 Å². The molecule has 3 rings (SSSR count). The van der Waals surface area contributed by atoms with E-state index in [9.17, 15) is 0 Å². The Kier molecular flexibility index (Phi) is 3.02. The minimum Gasteiger partial charge on any atom is -0.481 e. The summed E-state index contributed by atoms with van der Waals surface area (Å²) in [6.45, 7) is 0. The summed E-state index contributed by atoms with van der Waals surface area (Å²) in [6, 6.07) is 15.4. The van der Waals surface area contributed by atoms with Gasteiger partial charge in [0.2, 0.25) is 0 Å². The van der Waals surface area contributed by atoms with Crippen molar-refractivity contribution >= 4 is 28.2 Å². The van der Waals surface area contributed by atoms with E-state index in [2.05, 4.69) is 0 Å². The zero-order valence-electron chi connectivity index (χ0n) is 9.44. The van der Waals surface area contributed by atoms with Crippen LogP contribution >= 0.6 is 23.2 Å². The van der Waals surface area contributed by atoms with Gasteiger partial charge in [-0.1, -0.05) is 47.5 Å². The third-order valence-electron chi connectivity index (χ3n) is 2.87. The monoisotopic (exact) mass is 276 g/mol. The third-order valence-corrected chi connectivity index (χ3v) is 3.44. The van der Waals surface area contributed by atoms with Crippen LogP contribution in [0.1, 0.15) is 17.2 Å². The van der Waals surface area contributed by atoms with Gasteiger partial charge in [0.1, 0.15) is 11.9 Å². The minimum absolute atomic E-state index is 0.189. The van der Waals surface area contributed by atoms with Gasteiger partial charge >= 0.3 is 0 Å². The van der Waals surface area contributed by atoms with Gasteiger partial charge in [-0.05, 0) is 35.9 Å². The van der Waals surface area contributed by atoms with E-state index >= 15 is 0 Å². The highest BCUT2D eigenvalue weighted by Crippen LogP contribution is 2.39. The topological polar surface area (TPSA) is 9.23 Å². The minimum atomic E-state index is -0.189. The molecule has 0 saturated carbocycles. The van der Waals surface area contributed by atoms with Crippen LogP contribution in [0.2, 0.25) is 5.02 Å². The lowest BCUT2D eigenvalue weighted by Gasteiger charge is -2.23. The molecule has 0 aliphatic carbocycles. The van der Waals surface area contributed by atoms with E-state index in [0.29, 0.717) is 10.1 Å². The highest BCUT2D eigenvalue weighted by Gasteiger charge is 2.20. The van der Waals surface area contributed by atoms with Gasteiger partial charge in [-0.25, -0.2) is 0 Å². The Morgan fingerprint density at radius 2 is 1.78 bits per heavy atom. The van der Waals surface area contributed by atoms with Gasteiger partial charge in [-0.3, -0.25) is 0 Å². The molecular weight excluding hydrogens is 267 g/mol. The average Bonchev–Trinajstić information content (AvgIpc) is 2.39. The number of hydrogen-bond donors (Lipinski definition) is 0. The second kappa shape index (κ2) is 4.68. The van der Waals surface area contributed by atoms with Gasteiger partial charge in [-0.2, -0.15) is 0 Å². The van der Waals surface area contributed by atoms with Crippen molar-refractivity contribution in [3.63, 3.8) is 0 Å². The molecule has 90 valence electrons. The van der Waals surface area contributed by atoms with E-state index in [-0.39, 0.29) is 6.10 Å². The van der Waals surface area contributed by atoms with Crippen molar-refractivity contribution in [2.24, 2.45) is 0 Å². The largest absolute Gasteiger partial charge is 0.481 e. The van der Waals surface area contributed by atoms with Crippen molar-refractivity contribution in [1.29, 1.82) is 0 Å². The average molecular weight is 277 g/mol. The molecule has 2 aromatic carbocycles. The predicted octanol–water partition coefficient (Wildman–Crippen LogP) is 5.05. The van der Waals surface area contributed by atoms with Gasteiger partial charge in [0.05, 0.1) is 5.03 Å². The normalized spacial score (nSPS) is 17.7. The Balaban J connectivity index is 2.02. The predicted molar refractivity (Wildman–Crippen MR) is 75.1 cm³/mol. The van der Waals surface area contributed by atoms with E-state index in [1.807, 2.05) is 54.6 Å². The third kappa shape index (κ3) is 2.12. The van der Waals surface area contributed by atoms with Crippen LogP contribution in [0.25, 0.3) is 5.03 Å². The van der Waals surface area contributed by atoms with Crippen LogP contribution in [0.3, 0.4) is 0 Å². The molecule has 0 amide bonds. The van der Waals surface area contributed by atoms with Crippen molar-refractivity contribution < 1.29 is 4.74 Å². The van der Waals surface area contributed by atoms with Gasteiger partial charge in [0.15, 0.2) is 0 Å². The Labute approximate surface area is 116 Å². The molecule has 18 heavy (non-hydrogen) atoms. The molecule has 0 aromatic heterocycles. The maximum absolute atomic E-state index is 6.28. The molecule has 1 heterocycles.